The van der Waals surface area contributed by atoms with Crippen LogP contribution >= 0.6 is 0 Å². The third-order valence-electron chi connectivity index (χ3n) is 3.70. The van der Waals surface area contributed by atoms with E-state index in [1.807, 2.05) is 0 Å². The molecule has 1 saturated heterocycles. The van der Waals surface area contributed by atoms with Crippen LogP contribution in [0.4, 0.5) is 23.7 Å². The Hall–Kier alpha value is -2.43. The van der Waals surface area contributed by atoms with E-state index < -0.39 is 29.0 Å². The number of amides is 1. The molecule has 1 aliphatic rings. The number of carbonyl (C=O) groups is 1. The fourth-order valence-corrected chi connectivity index (χ4v) is 2.65. The molecule has 2 rings (SSSR count). The molecule has 1 aliphatic heterocycles. The molecule has 1 aromatic carbocycles. The molecule has 0 aromatic heterocycles. The number of anilines is 1. The monoisotopic (exact) mass is 355 g/mol. The van der Waals surface area contributed by atoms with Gasteiger partial charge in [-0.3, -0.25) is 0 Å². The Morgan fingerprint density at radius 1 is 1.36 bits per heavy atom. The van der Waals surface area contributed by atoms with Gasteiger partial charge in [0, 0.05) is 18.8 Å². The van der Waals surface area contributed by atoms with Crippen LogP contribution in [-0.4, -0.2) is 30.8 Å². The fourth-order valence-electron chi connectivity index (χ4n) is 2.65. The summed E-state index contributed by atoms with van der Waals surface area (Å²) in [6.45, 7) is 6.14. The zero-order valence-corrected chi connectivity index (χ0v) is 14.3. The number of alkyl carbamates (subject to hydrolysis) is 1. The number of alkyl halides is 3. The average Bonchev–Trinajstić information content (AvgIpc) is 2.92. The van der Waals surface area contributed by atoms with Gasteiger partial charge < -0.3 is 15.0 Å². The molecular weight excluding hydrogens is 335 g/mol. The molecule has 5 nitrogen and oxygen atoms in total. The normalized spacial score (nSPS) is 18.0. The molecule has 0 bridgehead atoms. The van der Waals surface area contributed by atoms with Gasteiger partial charge in [0.05, 0.1) is 23.2 Å². The molecule has 0 saturated carbocycles. The Labute approximate surface area is 144 Å². The Morgan fingerprint density at radius 3 is 2.60 bits per heavy atom. The first kappa shape index (κ1) is 18.9. The van der Waals surface area contributed by atoms with Crippen LogP contribution in [-0.2, 0) is 10.9 Å². The van der Waals surface area contributed by atoms with Gasteiger partial charge in [0.2, 0.25) is 0 Å². The maximum atomic E-state index is 13.1. The molecule has 1 N–H and O–H groups in total. The summed E-state index contributed by atoms with van der Waals surface area (Å²) >= 11 is 0. The van der Waals surface area contributed by atoms with E-state index in [4.69, 9.17) is 10.00 Å². The van der Waals surface area contributed by atoms with Crippen molar-refractivity contribution in [2.24, 2.45) is 0 Å². The van der Waals surface area contributed by atoms with Crippen LogP contribution in [0.15, 0.2) is 18.2 Å². The Morgan fingerprint density at radius 2 is 2.04 bits per heavy atom. The number of hydrogen-bond donors (Lipinski definition) is 1. The van der Waals surface area contributed by atoms with Crippen molar-refractivity contribution < 1.29 is 22.7 Å². The van der Waals surface area contributed by atoms with E-state index in [2.05, 4.69) is 5.32 Å². The molecule has 0 radical (unpaired) electrons. The summed E-state index contributed by atoms with van der Waals surface area (Å²) < 4.78 is 44.4. The number of rotatable bonds is 2. The van der Waals surface area contributed by atoms with Crippen molar-refractivity contribution in [2.75, 3.05) is 18.0 Å². The van der Waals surface area contributed by atoms with Crippen molar-refractivity contribution in [3.8, 4) is 6.07 Å². The Kier molecular flexibility index (Phi) is 5.16. The minimum atomic E-state index is -4.59. The smallest absolute Gasteiger partial charge is 0.417 e. The highest BCUT2D eigenvalue weighted by molar-refractivity contribution is 5.68. The van der Waals surface area contributed by atoms with Crippen LogP contribution in [0.25, 0.3) is 0 Å². The topological polar surface area (TPSA) is 65.4 Å². The zero-order valence-electron chi connectivity index (χ0n) is 14.3. The van der Waals surface area contributed by atoms with Crippen LogP contribution in [0, 0.1) is 11.3 Å². The number of nitrogens with one attached hydrogen (secondary N) is 1. The van der Waals surface area contributed by atoms with Gasteiger partial charge in [-0.05, 0) is 45.4 Å². The SMILES string of the molecule is CC(C)(C)OC(=O)NC1CCN(c2ccc(C#N)c(C(F)(F)F)c2)C1. The van der Waals surface area contributed by atoms with Gasteiger partial charge in [-0.25, -0.2) is 4.79 Å². The van der Waals surface area contributed by atoms with Crippen molar-refractivity contribution >= 4 is 11.8 Å². The third kappa shape index (κ3) is 5.02. The standard InChI is InChI=1S/C17H20F3N3O2/c1-16(2,3)25-15(24)22-12-6-7-23(10-12)13-5-4-11(9-21)14(8-13)17(18,19)20/h4-5,8,12H,6-7,10H2,1-3H3,(H,22,24). The van der Waals surface area contributed by atoms with Crippen LogP contribution in [0.5, 0.6) is 0 Å². The second-order valence-electron chi connectivity index (χ2n) is 6.92. The molecule has 1 amide bonds. The van der Waals surface area contributed by atoms with Gasteiger partial charge in [-0.15, -0.1) is 0 Å². The maximum Gasteiger partial charge on any atom is 0.417 e. The second kappa shape index (κ2) is 6.82. The predicted molar refractivity (Wildman–Crippen MR) is 86.1 cm³/mol. The number of hydrogen-bond acceptors (Lipinski definition) is 4. The van der Waals surface area contributed by atoms with Crippen molar-refractivity contribution in [3.63, 3.8) is 0 Å². The lowest BCUT2D eigenvalue weighted by atomic mass is 10.1. The highest BCUT2D eigenvalue weighted by atomic mass is 19.4. The zero-order chi connectivity index (χ0) is 18.8. The first-order valence-corrected chi connectivity index (χ1v) is 7.85. The molecule has 0 spiro atoms. The molecule has 1 atom stereocenters. The maximum absolute atomic E-state index is 13.1. The van der Waals surface area contributed by atoms with E-state index in [0.717, 1.165) is 6.07 Å². The van der Waals surface area contributed by atoms with Crippen molar-refractivity contribution in [2.45, 2.75) is 45.0 Å². The molecule has 136 valence electrons. The van der Waals surface area contributed by atoms with Crippen molar-refractivity contribution in [1.29, 1.82) is 5.26 Å². The lowest BCUT2D eigenvalue weighted by Crippen LogP contribution is -2.40. The summed E-state index contributed by atoms with van der Waals surface area (Å²) in [7, 11) is 0. The Bertz CT molecular complexity index is 690. The molecule has 1 unspecified atom stereocenters. The summed E-state index contributed by atoms with van der Waals surface area (Å²) in [6.07, 6.45) is -4.54. The molecule has 8 heteroatoms. The summed E-state index contributed by atoms with van der Waals surface area (Å²) in [5.74, 6) is 0. The summed E-state index contributed by atoms with van der Waals surface area (Å²) in [6, 6.07) is 5.00. The van der Waals surface area contributed by atoms with Gasteiger partial charge in [-0.1, -0.05) is 0 Å². The van der Waals surface area contributed by atoms with E-state index >= 15 is 0 Å². The van der Waals surface area contributed by atoms with Crippen molar-refractivity contribution in [3.05, 3.63) is 29.3 Å². The van der Waals surface area contributed by atoms with E-state index in [0.29, 0.717) is 25.2 Å². The van der Waals surface area contributed by atoms with Gasteiger partial charge in [0.15, 0.2) is 0 Å². The molecule has 0 aliphatic carbocycles. The van der Waals surface area contributed by atoms with E-state index in [9.17, 15) is 18.0 Å². The second-order valence-corrected chi connectivity index (χ2v) is 6.92. The minimum Gasteiger partial charge on any atom is -0.444 e. The molecule has 1 aromatic rings. The van der Waals surface area contributed by atoms with Gasteiger partial charge in [-0.2, -0.15) is 18.4 Å². The van der Waals surface area contributed by atoms with Crippen molar-refractivity contribution in [1.82, 2.24) is 5.32 Å². The lowest BCUT2D eigenvalue weighted by Gasteiger charge is -2.23. The number of nitriles is 1. The highest BCUT2D eigenvalue weighted by Gasteiger charge is 2.35. The highest BCUT2D eigenvalue weighted by Crippen LogP contribution is 2.35. The van der Waals surface area contributed by atoms with E-state index in [1.54, 1.807) is 31.7 Å². The van der Waals surface area contributed by atoms with Gasteiger partial charge in [0.25, 0.3) is 0 Å². The molecule has 1 heterocycles. The molecular formula is C17H20F3N3O2. The van der Waals surface area contributed by atoms with E-state index in [-0.39, 0.29) is 6.04 Å². The quantitative estimate of drug-likeness (QED) is 0.879. The van der Waals surface area contributed by atoms with Crippen LogP contribution in [0.3, 0.4) is 0 Å². The number of carbonyl (C=O) groups excluding carboxylic acids is 1. The predicted octanol–water partition coefficient (Wildman–Crippen LogP) is 3.68. The molecule has 1 fully saturated rings. The first-order chi connectivity index (χ1) is 11.5. The fraction of sp³-hybridized carbons (Fsp3) is 0.529. The number of halogens is 3. The summed E-state index contributed by atoms with van der Waals surface area (Å²) in [5, 5.41) is 11.6. The van der Waals surface area contributed by atoms with Gasteiger partial charge >= 0.3 is 12.3 Å². The first-order valence-electron chi connectivity index (χ1n) is 7.85. The van der Waals surface area contributed by atoms with Crippen LogP contribution in [0.1, 0.15) is 38.3 Å². The van der Waals surface area contributed by atoms with Crippen LogP contribution < -0.4 is 10.2 Å². The summed E-state index contributed by atoms with van der Waals surface area (Å²) in [5.41, 5.74) is -1.59. The minimum absolute atomic E-state index is 0.208. The largest absolute Gasteiger partial charge is 0.444 e. The van der Waals surface area contributed by atoms with Gasteiger partial charge in [0.1, 0.15) is 5.60 Å². The average molecular weight is 355 g/mol. The number of benzene rings is 1. The summed E-state index contributed by atoms with van der Waals surface area (Å²) in [4.78, 5) is 13.5. The Balaban J connectivity index is 2.07. The van der Waals surface area contributed by atoms with E-state index in [1.165, 1.54) is 12.1 Å². The molecule has 25 heavy (non-hydrogen) atoms. The lowest BCUT2D eigenvalue weighted by molar-refractivity contribution is -0.137. The van der Waals surface area contributed by atoms with Crippen LogP contribution in [0.2, 0.25) is 0 Å². The number of ether oxygens (including phenoxy) is 1. The third-order valence-corrected chi connectivity index (χ3v) is 3.70. The number of nitrogens with zero attached hydrogens (tertiary/aromatic N) is 2.